The molecule has 0 atom stereocenters. The molecule has 0 spiro atoms. The molecular weight excluding hydrogens is 310 g/mol. The van der Waals surface area contributed by atoms with Gasteiger partial charge in [0.05, 0.1) is 23.8 Å². The van der Waals surface area contributed by atoms with E-state index in [0.717, 1.165) is 35.4 Å². The Hall–Kier alpha value is -2.90. The number of aromatic nitrogens is 1. The van der Waals surface area contributed by atoms with Crippen LogP contribution in [0.25, 0.3) is 10.9 Å². The molecule has 4 nitrogen and oxygen atoms in total. The quantitative estimate of drug-likeness (QED) is 0.730. The van der Waals surface area contributed by atoms with Crippen LogP contribution < -0.4 is 4.90 Å². The molecule has 1 aliphatic heterocycles. The number of benzene rings is 2. The molecule has 124 valence electrons. The summed E-state index contributed by atoms with van der Waals surface area (Å²) in [5.41, 5.74) is 3.78. The molecule has 25 heavy (non-hydrogen) atoms. The second kappa shape index (κ2) is 6.54. The van der Waals surface area contributed by atoms with Gasteiger partial charge in [-0.2, -0.15) is 5.26 Å². The fourth-order valence-corrected chi connectivity index (χ4v) is 3.23. The number of rotatable bonds is 4. The van der Waals surface area contributed by atoms with E-state index in [9.17, 15) is 5.26 Å². The molecule has 2 heterocycles. The molecule has 1 aromatic heterocycles. The van der Waals surface area contributed by atoms with Gasteiger partial charge in [-0.25, -0.2) is 4.98 Å². The van der Waals surface area contributed by atoms with E-state index in [-0.39, 0.29) is 6.10 Å². The van der Waals surface area contributed by atoms with Gasteiger partial charge in [-0.15, -0.1) is 0 Å². The van der Waals surface area contributed by atoms with Gasteiger partial charge < -0.3 is 9.64 Å². The number of para-hydroxylation sites is 1. The van der Waals surface area contributed by atoms with Crippen LogP contribution in [0.2, 0.25) is 0 Å². The number of nitrogens with zero attached hydrogens (tertiary/aromatic N) is 3. The lowest BCUT2D eigenvalue weighted by Crippen LogP contribution is -2.53. The van der Waals surface area contributed by atoms with E-state index in [1.165, 1.54) is 5.56 Å². The van der Waals surface area contributed by atoms with Crippen molar-refractivity contribution in [2.24, 2.45) is 0 Å². The molecule has 4 rings (SSSR count). The smallest absolute Gasteiger partial charge is 0.147 e. The normalized spacial score (nSPS) is 14.3. The Bertz CT molecular complexity index is 941. The first kappa shape index (κ1) is 15.6. The molecule has 1 saturated heterocycles. The molecule has 2 aromatic carbocycles. The van der Waals surface area contributed by atoms with E-state index in [1.807, 2.05) is 49.4 Å². The number of anilines is 1. The van der Waals surface area contributed by atoms with Gasteiger partial charge in [-0.05, 0) is 24.1 Å². The fraction of sp³-hybridized carbons (Fsp3) is 0.238. The lowest BCUT2D eigenvalue weighted by Gasteiger charge is -2.40. The molecule has 1 fully saturated rings. The molecule has 3 aromatic rings. The van der Waals surface area contributed by atoms with Crippen LogP contribution in [0, 0.1) is 18.3 Å². The lowest BCUT2D eigenvalue weighted by atomic mass is 10.0. The van der Waals surface area contributed by atoms with Gasteiger partial charge in [-0.1, -0.05) is 48.5 Å². The number of fused-ring (bicyclic) bond motifs is 1. The van der Waals surface area contributed by atoms with E-state index in [2.05, 4.69) is 23.1 Å². The van der Waals surface area contributed by atoms with Crippen molar-refractivity contribution < 1.29 is 4.74 Å². The minimum atomic E-state index is 0.181. The van der Waals surface area contributed by atoms with Crippen LogP contribution >= 0.6 is 0 Å². The van der Waals surface area contributed by atoms with Crippen LogP contribution in [0.4, 0.5) is 5.82 Å². The van der Waals surface area contributed by atoms with Gasteiger partial charge in [0, 0.05) is 18.5 Å². The molecule has 4 heteroatoms. The highest BCUT2D eigenvalue weighted by Gasteiger charge is 2.31. The van der Waals surface area contributed by atoms with Crippen molar-refractivity contribution >= 4 is 16.7 Å². The molecule has 0 bridgehead atoms. The summed E-state index contributed by atoms with van der Waals surface area (Å²) in [7, 11) is 0. The fourth-order valence-electron chi connectivity index (χ4n) is 3.23. The van der Waals surface area contributed by atoms with Crippen molar-refractivity contribution in [1.29, 1.82) is 5.26 Å². The SMILES string of the molecule is Cc1c(C#N)c(N2CC(OCc3ccccc3)C2)nc2ccccc12. The first-order valence-electron chi connectivity index (χ1n) is 8.46. The third kappa shape index (κ3) is 2.95. The van der Waals surface area contributed by atoms with Crippen LogP contribution in [0.5, 0.6) is 0 Å². The van der Waals surface area contributed by atoms with Crippen molar-refractivity contribution in [2.75, 3.05) is 18.0 Å². The summed E-state index contributed by atoms with van der Waals surface area (Å²) < 4.78 is 5.95. The van der Waals surface area contributed by atoms with Gasteiger partial charge >= 0.3 is 0 Å². The maximum Gasteiger partial charge on any atom is 0.147 e. The largest absolute Gasteiger partial charge is 0.370 e. The molecule has 0 saturated carbocycles. The van der Waals surface area contributed by atoms with E-state index in [1.54, 1.807) is 0 Å². The average Bonchev–Trinajstić information content (AvgIpc) is 2.61. The molecule has 0 amide bonds. The third-order valence-electron chi connectivity index (χ3n) is 4.72. The van der Waals surface area contributed by atoms with Crippen LogP contribution in [0.15, 0.2) is 54.6 Å². The third-order valence-corrected chi connectivity index (χ3v) is 4.72. The van der Waals surface area contributed by atoms with Gasteiger partial charge in [0.25, 0.3) is 0 Å². The minimum absolute atomic E-state index is 0.181. The first-order chi connectivity index (χ1) is 12.3. The molecule has 0 unspecified atom stereocenters. The molecule has 1 aliphatic rings. The predicted molar refractivity (Wildman–Crippen MR) is 98.4 cm³/mol. The monoisotopic (exact) mass is 329 g/mol. The highest BCUT2D eigenvalue weighted by atomic mass is 16.5. The zero-order valence-corrected chi connectivity index (χ0v) is 14.1. The summed E-state index contributed by atoms with van der Waals surface area (Å²) in [6, 6.07) is 20.5. The van der Waals surface area contributed by atoms with E-state index in [4.69, 9.17) is 9.72 Å². The first-order valence-corrected chi connectivity index (χ1v) is 8.46. The summed E-state index contributed by atoms with van der Waals surface area (Å²) >= 11 is 0. The number of pyridine rings is 1. The van der Waals surface area contributed by atoms with Gasteiger partial charge in [0.1, 0.15) is 11.9 Å². The van der Waals surface area contributed by atoms with Crippen molar-refractivity contribution in [3.63, 3.8) is 0 Å². The van der Waals surface area contributed by atoms with Crippen LogP contribution in [0.1, 0.15) is 16.7 Å². The van der Waals surface area contributed by atoms with Crippen LogP contribution in [-0.2, 0) is 11.3 Å². The highest BCUT2D eigenvalue weighted by molar-refractivity contribution is 5.87. The second-order valence-corrected chi connectivity index (χ2v) is 6.39. The average molecular weight is 329 g/mol. The summed E-state index contributed by atoms with van der Waals surface area (Å²) in [5.74, 6) is 0.776. The highest BCUT2D eigenvalue weighted by Crippen LogP contribution is 2.31. The number of nitriles is 1. The maximum atomic E-state index is 9.60. The molecule has 0 N–H and O–H groups in total. The van der Waals surface area contributed by atoms with E-state index < -0.39 is 0 Å². The standard InChI is InChI=1S/C21H19N3O/c1-15-18-9-5-6-10-20(18)23-21(19(15)11-22)24-12-17(13-24)25-14-16-7-3-2-4-8-16/h2-10,17H,12-14H2,1H3. The molecule has 0 aliphatic carbocycles. The van der Waals surface area contributed by atoms with Crippen LogP contribution in [0.3, 0.4) is 0 Å². The summed E-state index contributed by atoms with van der Waals surface area (Å²) in [5, 5.41) is 10.6. The number of hydrogen-bond donors (Lipinski definition) is 0. The van der Waals surface area contributed by atoms with Crippen molar-refractivity contribution in [3.05, 3.63) is 71.3 Å². The van der Waals surface area contributed by atoms with E-state index in [0.29, 0.717) is 12.2 Å². The zero-order valence-electron chi connectivity index (χ0n) is 14.1. The topological polar surface area (TPSA) is 49.2 Å². The Morgan fingerprint density at radius 3 is 2.60 bits per heavy atom. The maximum absolute atomic E-state index is 9.60. The Morgan fingerprint density at radius 1 is 1.12 bits per heavy atom. The molecular formula is C21H19N3O. The minimum Gasteiger partial charge on any atom is -0.370 e. The summed E-state index contributed by atoms with van der Waals surface area (Å²) in [6.07, 6.45) is 0.181. The predicted octanol–water partition coefficient (Wildman–Crippen LogP) is 3.82. The second-order valence-electron chi connectivity index (χ2n) is 6.39. The van der Waals surface area contributed by atoms with Gasteiger partial charge in [-0.3, -0.25) is 0 Å². The van der Waals surface area contributed by atoms with E-state index >= 15 is 0 Å². The van der Waals surface area contributed by atoms with Crippen molar-refractivity contribution in [3.8, 4) is 6.07 Å². The molecule has 0 radical (unpaired) electrons. The Morgan fingerprint density at radius 2 is 1.84 bits per heavy atom. The van der Waals surface area contributed by atoms with Gasteiger partial charge in [0.2, 0.25) is 0 Å². The number of ether oxygens (including phenoxy) is 1. The summed E-state index contributed by atoms with van der Waals surface area (Å²) in [4.78, 5) is 6.86. The zero-order chi connectivity index (χ0) is 17.2. The van der Waals surface area contributed by atoms with Crippen molar-refractivity contribution in [1.82, 2.24) is 4.98 Å². The Kier molecular flexibility index (Phi) is 4.09. The van der Waals surface area contributed by atoms with Crippen molar-refractivity contribution in [2.45, 2.75) is 19.6 Å². The summed E-state index contributed by atoms with van der Waals surface area (Å²) in [6.45, 7) is 4.16. The number of hydrogen-bond acceptors (Lipinski definition) is 4. The van der Waals surface area contributed by atoms with Crippen LogP contribution in [-0.4, -0.2) is 24.2 Å². The Balaban J connectivity index is 1.49. The number of aryl methyl sites for hydroxylation is 1. The lowest BCUT2D eigenvalue weighted by molar-refractivity contribution is 0.0221. The van der Waals surface area contributed by atoms with Gasteiger partial charge in [0.15, 0.2) is 0 Å². The Labute approximate surface area is 147 Å².